The summed E-state index contributed by atoms with van der Waals surface area (Å²) in [5, 5.41) is 6.11. The molecule has 2 heterocycles. The zero-order valence-electron chi connectivity index (χ0n) is 14.0. The highest BCUT2D eigenvalue weighted by Gasteiger charge is 2.21. The van der Waals surface area contributed by atoms with Crippen LogP contribution in [0.2, 0.25) is 0 Å². The van der Waals surface area contributed by atoms with Gasteiger partial charge in [0, 0.05) is 12.1 Å². The van der Waals surface area contributed by atoms with Crippen LogP contribution in [-0.2, 0) is 6.42 Å². The third-order valence-corrected chi connectivity index (χ3v) is 5.27. The molecule has 1 aromatic heterocycles. The molecule has 6 heteroatoms. The smallest absolute Gasteiger partial charge is 0.263 e. The second-order valence-electron chi connectivity index (χ2n) is 6.05. The molecule has 0 fully saturated rings. The maximum Gasteiger partial charge on any atom is 0.263 e. The van der Waals surface area contributed by atoms with E-state index in [1.807, 2.05) is 42.5 Å². The lowest BCUT2D eigenvalue weighted by Gasteiger charge is -2.05. The summed E-state index contributed by atoms with van der Waals surface area (Å²) in [7, 11) is 0. The summed E-state index contributed by atoms with van der Waals surface area (Å²) in [6.07, 6.45) is 1.60. The molecule has 2 amide bonds. The Morgan fingerprint density at radius 3 is 2.54 bits per heavy atom. The van der Waals surface area contributed by atoms with Gasteiger partial charge in [-0.2, -0.15) is 0 Å². The summed E-state index contributed by atoms with van der Waals surface area (Å²) in [6, 6.07) is 17.4. The van der Waals surface area contributed by atoms with Gasteiger partial charge >= 0.3 is 0 Å². The van der Waals surface area contributed by atoms with Gasteiger partial charge < -0.3 is 5.32 Å². The molecular weight excluding hydrogens is 346 g/mol. The molecule has 3 aromatic rings. The Bertz CT molecular complexity index is 949. The van der Waals surface area contributed by atoms with Gasteiger partial charge in [-0.3, -0.25) is 14.9 Å². The molecule has 2 aromatic carbocycles. The van der Waals surface area contributed by atoms with Crippen LogP contribution in [0.3, 0.4) is 0 Å². The van der Waals surface area contributed by atoms with Crippen molar-refractivity contribution in [3.8, 4) is 11.1 Å². The number of hydrogen-bond acceptors (Lipinski definition) is 4. The van der Waals surface area contributed by atoms with Crippen molar-refractivity contribution in [3.63, 3.8) is 0 Å². The minimum absolute atomic E-state index is 0.109. The van der Waals surface area contributed by atoms with Crippen molar-refractivity contribution in [1.29, 1.82) is 0 Å². The molecule has 1 aliphatic rings. The highest BCUT2D eigenvalue weighted by atomic mass is 32.1. The average Bonchev–Trinajstić information content (AvgIpc) is 3.00. The van der Waals surface area contributed by atoms with Crippen LogP contribution in [0.5, 0.6) is 0 Å². The molecule has 130 valence electrons. The SMILES string of the molecule is O=C(Nc1nc2c(s1)C(=O)NCCC2)c1ccc(-c2ccccc2)cc1. The van der Waals surface area contributed by atoms with E-state index >= 15 is 0 Å². The third kappa shape index (κ3) is 3.36. The van der Waals surface area contributed by atoms with E-state index in [1.54, 1.807) is 12.1 Å². The minimum atomic E-state index is -0.228. The Balaban J connectivity index is 1.50. The first-order valence-corrected chi connectivity index (χ1v) is 9.27. The van der Waals surface area contributed by atoms with Gasteiger partial charge in [-0.15, -0.1) is 0 Å². The zero-order chi connectivity index (χ0) is 17.9. The summed E-state index contributed by atoms with van der Waals surface area (Å²) in [5.41, 5.74) is 3.48. The molecular formula is C20H17N3O2S. The number of hydrogen-bond donors (Lipinski definition) is 2. The van der Waals surface area contributed by atoms with E-state index in [2.05, 4.69) is 15.6 Å². The average molecular weight is 363 g/mol. The number of fused-ring (bicyclic) bond motifs is 1. The lowest BCUT2D eigenvalue weighted by Crippen LogP contribution is -2.21. The van der Waals surface area contributed by atoms with Crippen molar-refractivity contribution >= 4 is 28.3 Å². The van der Waals surface area contributed by atoms with E-state index in [-0.39, 0.29) is 11.8 Å². The number of amides is 2. The van der Waals surface area contributed by atoms with Gasteiger partial charge in [0.1, 0.15) is 4.88 Å². The van der Waals surface area contributed by atoms with E-state index in [4.69, 9.17) is 0 Å². The fourth-order valence-electron chi connectivity index (χ4n) is 2.90. The van der Waals surface area contributed by atoms with Crippen molar-refractivity contribution in [2.45, 2.75) is 12.8 Å². The van der Waals surface area contributed by atoms with Crippen molar-refractivity contribution in [1.82, 2.24) is 10.3 Å². The van der Waals surface area contributed by atoms with Crippen LogP contribution in [0.4, 0.5) is 5.13 Å². The number of anilines is 1. The Morgan fingerprint density at radius 1 is 1.04 bits per heavy atom. The largest absolute Gasteiger partial charge is 0.351 e. The van der Waals surface area contributed by atoms with E-state index in [9.17, 15) is 9.59 Å². The van der Waals surface area contributed by atoms with Crippen LogP contribution in [-0.4, -0.2) is 23.3 Å². The lowest BCUT2D eigenvalue weighted by atomic mass is 10.0. The Labute approximate surface area is 155 Å². The fraction of sp³-hybridized carbons (Fsp3) is 0.150. The zero-order valence-corrected chi connectivity index (χ0v) is 14.8. The van der Waals surface area contributed by atoms with Crippen LogP contribution < -0.4 is 10.6 Å². The van der Waals surface area contributed by atoms with Crippen LogP contribution in [0, 0.1) is 0 Å². The minimum Gasteiger partial charge on any atom is -0.351 e. The molecule has 0 saturated heterocycles. The second kappa shape index (κ2) is 7.09. The van der Waals surface area contributed by atoms with Gasteiger partial charge in [0.25, 0.3) is 11.8 Å². The van der Waals surface area contributed by atoms with Gasteiger partial charge in [-0.25, -0.2) is 4.98 Å². The van der Waals surface area contributed by atoms with E-state index in [0.717, 1.165) is 29.7 Å². The van der Waals surface area contributed by atoms with Crippen LogP contribution in [0.1, 0.15) is 32.1 Å². The van der Waals surface area contributed by atoms with Crippen LogP contribution in [0.25, 0.3) is 11.1 Å². The van der Waals surface area contributed by atoms with Crippen LogP contribution >= 0.6 is 11.3 Å². The molecule has 0 atom stereocenters. The number of carbonyl (C=O) groups is 2. The maximum absolute atomic E-state index is 12.5. The molecule has 0 unspecified atom stereocenters. The first-order valence-electron chi connectivity index (χ1n) is 8.45. The summed E-state index contributed by atoms with van der Waals surface area (Å²) in [6.45, 7) is 0.664. The standard InChI is InChI=1S/C20H17N3O2S/c24-18(15-10-8-14(9-11-15)13-5-2-1-3-6-13)23-20-22-16-7-4-12-21-19(25)17(16)26-20/h1-3,5-6,8-11H,4,7,12H2,(H,21,25)(H,22,23,24). The summed E-state index contributed by atoms with van der Waals surface area (Å²) in [4.78, 5) is 29.5. The van der Waals surface area contributed by atoms with E-state index in [0.29, 0.717) is 22.1 Å². The van der Waals surface area contributed by atoms with Gasteiger partial charge in [-0.05, 0) is 36.1 Å². The van der Waals surface area contributed by atoms with Crippen molar-refractivity contribution in [2.75, 3.05) is 11.9 Å². The maximum atomic E-state index is 12.5. The lowest BCUT2D eigenvalue weighted by molar-refractivity contribution is 0.0958. The molecule has 0 spiro atoms. The molecule has 0 saturated carbocycles. The fourth-order valence-corrected chi connectivity index (χ4v) is 3.83. The van der Waals surface area contributed by atoms with Gasteiger partial charge in [0.15, 0.2) is 5.13 Å². The first-order chi connectivity index (χ1) is 12.7. The summed E-state index contributed by atoms with van der Waals surface area (Å²) in [5.74, 6) is -0.336. The van der Waals surface area contributed by atoms with Crippen molar-refractivity contribution < 1.29 is 9.59 Å². The highest BCUT2D eigenvalue weighted by Crippen LogP contribution is 2.26. The predicted octanol–water partition coefficient (Wildman–Crippen LogP) is 3.74. The number of nitrogens with zero attached hydrogens (tertiary/aromatic N) is 1. The molecule has 26 heavy (non-hydrogen) atoms. The Morgan fingerprint density at radius 2 is 1.77 bits per heavy atom. The Kier molecular flexibility index (Phi) is 4.50. The highest BCUT2D eigenvalue weighted by molar-refractivity contribution is 7.17. The van der Waals surface area contributed by atoms with E-state index in [1.165, 1.54) is 11.3 Å². The number of thiazole rings is 1. The number of benzene rings is 2. The molecule has 0 radical (unpaired) electrons. The molecule has 5 nitrogen and oxygen atoms in total. The monoisotopic (exact) mass is 363 g/mol. The summed E-state index contributed by atoms with van der Waals surface area (Å²) >= 11 is 1.22. The first kappa shape index (κ1) is 16.5. The number of aryl methyl sites for hydroxylation is 1. The van der Waals surface area contributed by atoms with Crippen molar-refractivity contribution in [2.24, 2.45) is 0 Å². The molecule has 4 rings (SSSR count). The Hall–Kier alpha value is -2.99. The van der Waals surface area contributed by atoms with Gasteiger partial charge in [0.2, 0.25) is 0 Å². The number of nitrogens with one attached hydrogen (secondary N) is 2. The molecule has 0 aliphatic carbocycles. The van der Waals surface area contributed by atoms with Crippen LogP contribution in [0.15, 0.2) is 54.6 Å². The normalized spacial score (nSPS) is 13.5. The van der Waals surface area contributed by atoms with Gasteiger partial charge in [-0.1, -0.05) is 53.8 Å². The number of rotatable bonds is 3. The topological polar surface area (TPSA) is 71.1 Å². The predicted molar refractivity (Wildman–Crippen MR) is 103 cm³/mol. The second-order valence-corrected chi connectivity index (χ2v) is 7.05. The molecule has 1 aliphatic heterocycles. The molecule has 2 N–H and O–H groups in total. The van der Waals surface area contributed by atoms with Crippen molar-refractivity contribution in [3.05, 3.63) is 70.7 Å². The van der Waals surface area contributed by atoms with E-state index < -0.39 is 0 Å². The quantitative estimate of drug-likeness (QED) is 0.745. The molecule has 0 bridgehead atoms. The van der Waals surface area contributed by atoms with Gasteiger partial charge in [0.05, 0.1) is 5.69 Å². The number of carbonyl (C=O) groups excluding carboxylic acids is 2. The summed E-state index contributed by atoms with van der Waals surface area (Å²) < 4.78 is 0. The third-order valence-electron chi connectivity index (χ3n) is 4.25. The number of aromatic nitrogens is 1.